The first-order chi connectivity index (χ1) is 16.0. The third kappa shape index (κ3) is 4.11. The topological polar surface area (TPSA) is 75.9 Å². The molecule has 0 radical (unpaired) electrons. The molecule has 8 nitrogen and oxygen atoms in total. The van der Waals surface area contributed by atoms with Gasteiger partial charge in [-0.25, -0.2) is 33.4 Å². The van der Waals surface area contributed by atoms with Crippen LogP contribution in [0.25, 0.3) is 11.2 Å². The summed E-state index contributed by atoms with van der Waals surface area (Å²) in [5, 5.41) is 4.14. The maximum Gasteiger partial charge on any atom is 0.433 e. The van der Waals surface area contributed by atoms with E-state index < -0.39 is 24.8 Å². The van der Waals surface area contributed by atoms with Gasteiger partial charge in [-0.2, -0.15) is 18.3 Å². The van der Waals surface area contributed by atoms with Crippen molar-refractivity contribution in [2.75, 3.05) is 36.0 Å². The lowest BCUT2D eigenvalue weighted by Gasteiger charge is -2.25. The van der Waals surface area contributed by atoms with Crippen LogP contribution in [0.15, 0.2) is 12.3 Å². The molecule has 2 aliphatic rings. The molecule has 2 fully saturated rings. The number of alkyl halides is 5. The second-order valence-electron chi connectivity index (χ2n) is 9.06. The van der Waals surface area contributed by atoms with Crippen molar-refractivity contribution >= 4 is 22.8 Å². The number of nitrogens with zero attached hydrogens (tertiary/aromatic N) is 8. The molecule has 2 saturated heterocycles. The zero-order valence-corrected chi connectivity index (χ0v) is 18.6. The van der Waals surface area contributed by atoms with Crippen LogP contribution in [-0.2, 0) is 12.7 Å². The number of hydrogen-bond acceptors (Lipinski definition) is 7. The Balaban J connectivity index is 1.36. The fraction of sp³-hybridized carbons (Fsp3) is 0.571. The van der Waals surface area contributed by atoms with Crippen LogP contribution in [0.2, 0.25) is 0 Å². The molecule has 1 spiro atoms. The van der Waals surface area contributed by atoms with Crippen molar-refractivity contribution < 1.29 is 22.0 Å². The smallest absolute Gasteiger partial charge is 0.356 e. The van der Waals surface area contributed by atoms with Crippen molar-refractivity contribution in [3.63, 3.8) is 0 Å². The molecule has 2 aliphatic heterocycles. The molecule has 0 aliphatic carbocycles. The van der Waals surface area contributed by atoms with E-state index in [1.807, 2.05) is 4.90 Å². The van der Waals surface area contributed by atoms with Crippen molar-refractivity contribution in [2.45, 2.75) is 45.8 Å². The monoisotopic (exact) mass is 482 g/mol. The third-order valence-corrected chi connectivity index (χ3v) is 6.55. The van der Waals surface area contributed by atoms with Gasteiger partial charge in [-0.15, -0.1) is 0 Å². The average molecular weight is 482 g/mol. The number of hydrogen-bond donors (Lipinski definition) is 0. The molecule has 182 valence electrons. The van der Waals surface area contributed by atoms with Crippen LogP contribution in [0.4, 0.5) is 33.6 Å². The summed E-state index contributed by atoms with van der Waals surface area (Å²) in [6.07, 6.45) is -3.84. The third-order valence-electron chi connectivity index (χ3n) is 6.55. The Kier molecular flexibility index (Phi) is 5.32. The Morgan fingerprint density at radius 2 is 1.68 bits per heavy atom. The van der Waals surface area contributed by atoms with Gasteiger partial charge in [0.05, 0.1) is 11.9 Å². The van der Waals surface area contributed by atoms with E-state index in [0.29, 0.717) is 48.9 Å². The molecule has 13 heteroatoms. The zero-order chi connectivity index (χ0) is 24.3. The minimum absolute atomic E-state index is 0.0816. The molecule has 0 aromatic carbocycles. The second-order valence-corrected chi connectivity index (χ2v) is 9.06. The van der Waals surface area contributed by atoms with Gasteiger partial charge in [0.2, 0.25) is 0 Å². The largest absolute Gasteiger partial charge is 0.433 e. The summed E-state index contributed by atoms with van der Waals surface area (Å²) in [6, 6.07) is 1.00. The normalized spacial score (nSPS) is 21.1. The Morgan fingerprint density at radius 1 is 1.00 bits per heavy atom. The average Bonchev–Trinajstić information content (AvgIpc) is 3.45. The lowest BCUT2D eigenvalue weighted by Crippen LogP contribution is -2.31. The molecule has 1 atom stereocenters. The van der Waals surface area contributed by atoms with Crippen LogP contribution in [-0.4, -0.2) is 62.3 Å². The first-order valence-electron chi connectivity index (χ1n) is 10.9. The van der Waals surface area contributed by atoms with Crippen LogP contribution < -0.4 is 9.80 Å². The molecular formula is C21H23F5N8. The Labute approximate surface area is 191 Å². The Bertz CT molecular complexity index is 1230. The van der Waals surface area contributed by atoms with Crippen LogP contribution in [0.5, 0.6) is 0 Å². The highest BCUT2D eigenvalue weighted by molar-refractivity contribution is 5.74. The summed E-state index contributed by atoms with van der Waals surface area (Å²) in [7, 11) is 0. The zero-order valence-electron chi connectivity index (χ0n) is 18.6. The molecule has 1 unspecified atom stereocenters. The van der Waals surface area contributed by atoms with E-state index in [2.05, 4.69) is 29.9 Å². The van der Waals surface area contributed by atoms with Crippen molar-refractivity contribution in [3.8, 4) is 0 Å². The SMILES string of the molecule is Cc1nc(N2CCC3(CCN(c4cnc5c(C)nn(CC(F)F)c5n4)C3)C2)cc(C(F)(F)F)n1. The van der Waals surface area contributed by atoms with Crippen molar-refractivity contribution in [3.05, 3.63) is 29.5 Å². The van der Waals surface area contributed by atoms with Gasteiger partial charge in [0.25, 0.3) is 6.43 Å². The maximum absolute atomic E-state index is 13.2. The lowest BCUT2D eigenvalue weighted by molar-refractivity contribution is -0.141. The summed E-state index contributed by atoms with van der Waals surface area (Å²) in [4.78, 5) is 20.7. The van der Waals surface area contributed by atoms with Crippen molar-refractivity contribution in [2.24, 2.45) is 5.41 Å². The summed E-state index contributed by atoms with van der Waals surface area (Å²) < 4.78 is 66.7. The second kappa shape index (κ2) is 7.98. The van der Waals surface area contributed by atoms with E-state index in [4.69, 9.17) is 0 Å². The number of aryl methyl sites for hydroxylation is 2. The van der Waals surface area contributed by atoms with Gasteiger partial charge in [0.15, 0.2) is 5.65 Å². The lowest BCUT2D eigenvalue weighted by atomic mass is 9.86. The van der Waals surface area contributed by atoms with Gasteiger partial charge in [0.1, 0.15) is 35.2 Å². The molecule has 0 N–H and O–H groups in total. The quantitative estimate of drug-likeness (QED) is 0.526. The predicted molar refractivity (Wildman–Crippen MR) is 114 cm³/mol. The summed E-state index contributed by atoms with van der Waals surface area (Å²) in [5.74, 6) is 0.941. The first-order valence-corrected chi connectivity index (χ1v) is 10.9. The van der Waals surface area contributed by atoms with Gasteiger partial charge in [-0.05, 0) is 26.7 Å². The molecule has 3 aromatic rings. The van der Waals surface area contributed by atoms with Gasteiger partial charge in [0, 0.05) is 37.7 Å². The highest BCUT2D eigenvalue weighted by atomic mass is 19.4. The number of rotatable bonds is 4. The minimum atomic E-state index is -4.53. The highest BCUT2D eigenvalue weighted by Gasteiger charge is 2.45. The first kappa shape index (κ1) is 22.7. The Morgan fingerprint density at radius 3 is 2.32 bits per heavy atom. The number of aromatic nitrogens is 6. The van der Waals surface area contributed by atoms with Crippen molar-refractivity contribution in [1.82, 2.24) is 29.7 Å². The van der Waals surface area contributed by atoms with E-state index in [1.54, 1.807) is 13.1 Å². The number of halogens is 5. The van der Waals surface area contributed by atoms with E-state index in [9.17, 15) is 22.0 Å². The number of anilines is 2. The van der Waals surface area contributed by atoms with Crippen molar-refractivity contribution in [1.29, 1.82) is 0 Å². The van der Waals surface area contributed by atoms with Gasteiger partial charge >= 0.3 is 6.18 Å². The highest BCUT2D eigenvalue weighted by Crippen LogP contribution is 2.42. The van der Waals surface area contributed by atoms with Crippen LogP contribution >= 0.6 is 0 Å². The molecule has 5 heterocycles. The maximum atomic E-state index is 13.2. The summed E-state index contributed by atoms with van der Waals surface area (Å²) in [6.45, 7) is 5.09. The summed E-state index contributed by atoms with van der Waals surface area (Å²) in [5.41, 5.74) is 0.276. The fourth-order valence-corrected chi connectivity index (χ4v) is 4.95. The van der Waals surface area contributed by atoms with Gasteiger partial charge in [-0.1, -0.05) is 0 Å². The standard InChI is InChI=1S/C21H23F5N8/c1-12-18-19(34(31-12)9-15(22)23)30-17(8-27-18)33-6-4-20(11-33)3-5-32(10-20)16-7-14(21(24,25)26)28-13(2)29-16/h7-8,15H,3-6,9-11H2,1-2H3. The van der Waals surface area contributed by atoms with E-state index >= 15 is 0 Å². The van der Waals surface area contributed by atoms with Crippen LogP contribution in [0.3, 0.4) is 0 Å². The molecule has 3 aromatic heterocycles. The molecule has 0 saturated carbocycles. The fourth-order valence-electron chi connectivity index (χ4n) is 4.95. The van der Waals surface area contributed by atoms with Crippen LogP contribution in [0.1, 0.15) is 30.1 Å². The molecule has 0 bridgehead atoms. The Hall–Kier alpha value is -3.12. The number of fused-ring (bicyclic) bond motifs is 1. The van der Waals surface area contributed by atoms with E-state index in [0.717, 1.165) is 18.9 Å². The van der Waals surface area contributed by atoms with Gasteiger partial charge in [-0.3, -0.25) is 0 Å². The van der Waals surface area contributed by atoms with Crippen LogP contribution in [0, 0.1) is 19.3 Å². The van der Waals surface area contributed by atoms with Gasteiger partial charge < -0.3 is 9.80 Å². The molecule has 0 amide bonds. The molecular weight excluding hydrogens is 459 g/mol. The predicted octanol–water partition coefficient (Wildman–Crippen LogP) is 3.62. The van der Waals surface area contributed by atoms with E-state index in [-0.39, 0.29) is 17.1 Å². The summed E-state index contributed by atoms with van der Waals surface area (Å²) >= 11 is 0. The molecule has 34 heavy (non-hydrogen) atoms. The minimum Gasteiger partial charge on any atom is -0.356 e. The van der Waals surface area contributed by atoms with E-state index in [1.165, 1.54) is 11.6 Å². The molecule has 5 rings (SSSR count).